The summed E-state index contributed by atoms with van der Waals surface area (Å²) in [5.74, 6) is 0.653. The third-order valence-corrected chi connectivity index (χ3v) is 4.51. The Kier molecular flexibility index (Phi) is 3.77. The van der Waals surface area contributed by atoms with Crippen LogP contribution in [0.15, 0.2) is 48.5 Å². The number of benzene rings is 2. The molecule has 1 unspecified atom stereocenters. The molecule has 0 radical (unpaired) electrons. The van der Waals surface area contributed by atoms with Crippen molar-refractivity contribution in [3.63, 3.8) is 0 Å². The second-order valence-corrected chi connectivity index (χ2v) is 5.95. The van der Waals surface area contributed by atoms with Crippen molar-refractivity contribution in [2.75, 3.05) is 5.32 Å². The van der Waals surface area contributed by atoms with Gasteiger partial charge >= 0.3 is 0 Å². The van der Waals surface area contributed by atoms with Gasteiger partial charge in [-0.25, -0.2) is 0 Å². The van der Waals surface area contributed by atoms with Crippen molar-refractivity contribution in [1.29, 1.82) is 0 Å². The van der Waals surface area contributed by atoms with Crippen molar-refractivity contribution in [3.05, 3.63) is 65.2 Å². The van der Waals surface area contributed by atoms with Gasteiger partial charge in [-0.3, -0.25) is 0 Å². The quantitative estimate of drug-likeness (QED) is 0.839. The van der Waals surface area contributed by atoms with E-state index in [-0.39, 0.29) is 0 Å². The second kappa shape index (κ2) is 5.70. The van der Waals surface area contributed by atoms with Crippen LogP contribution in [0.4, 0.5) is 5.69 Å². The van der Waals surface area contributed by atoms with Gasteiger partial charge in [0, 0.05) is 11.7 Å². The van der Waals surface area contributed by atoms with Crippen molar-refractivity contribution in [2.45, 2.75) is 45.1 Å². The van der Waals surface area contributed by atoms with Crippen molar-refractivity contribution in [1.82, 2.24) is 0 Å². The minimum Gasteiger partial charge on any atom is -0.382 e. The van der Waals surface area contributed by atoms with Crippen molar-refractivity contribution in [3.8, 4) is 0 Å². The third kappa shape index (κ3) is 2.72. The summed E-state index contributed by atoms with van der Waals surface area (Å²) in [6.07, 6.45) is 3.48. The molecule has 104 valence electrons. The number of rotatable bonds is 4. The predicted molar refractivity (Wildman–Crippen MR) is 86.4 cm³/mol. The van der Waals surface area contributed by atoms with Crippen LogP contribution in [-0.2, 0) is 12.8 Å². The van der Waals surface area contributed by atoms with E-state index in [1.165, 1.54) is 28.8 Å². The van der Waals surface area contributed by atoms with E-state index in [0.717, 1.165) is 12.8 Å². The number of hydrogen-bond donors (Lipinski definition) is 1. The second-order valence-electron chi connectivity index (χ2n) is 5.95. The largest absolute Gasteiger partial charge is 0.382 e. The highest BCUT2D eigenvalue weighted by Gasteiger charge is 2.20. The predicted octanol–water partition coefficient (Wildman–Crippen LogP) is 4.78. The summed E-state index contributed by atoms with van der Waals surface area (Å²) in [5.41, 5.74) is 5.69. The summed E-state index contributed by atoms with van der Waals surface area (Å²) < 4.78 is 0. The molecule has 0 aromatic heterocycles. The molecule has 0 fully saturated rings. The lowest BCUT2D eigenvalue weighted by atomic mass is 9.98. The van der Waals surface area contributed by atoms with Crippen LogP contribution in [0.2, 0.25) is 0 Å². The lowest BCUT2D eigenvalue weighted by Crippen LogP contribution is -2.19. The molecule has 0 saturated heterocycles. The molecule has 2 aromatic carbocycles. The maximum atomic E-state index is 3.67. The molecule has 0 heterocycles. The van der Waals surface area contributed by atoms with E-state index in [4.69, 9.17) is 0 Å². The van der Waals surface area contributed by atoms with Crippen molar-refractivity contribution >= 4 is 5.69 Å². The fourth-order valence-corrected chi connectivity index (χ4v) is 3.04. The Morgan fingerprint density at radius 1 is 1.00 bits per heavy atom. The summed E-state index contributed by atoms with van der Waals surface area (Å²) in [7, 11) is 0. The molecule has 1 aliphatic carbocycles. The van der Waals surface area contributed by atoms with E-state index in [1.54, 1.807) is 0 Å². The van der Waals surface area contributed by atoms with Crippen LogP contribution in [-0.4, -0.2) is 6.04 Å². The van der Waals surface area contributed by atoms with Crippen LogP contribution in [0.3, 0.4) is 0 Å². The molecule has 1 atom stereocenters. The average molecular weight is 265 g/mol. The number of hydrogen-bond acceptors (Lipinski definition) is 1. The average Bonchev–Trinajstić information content (AvgIpc) is 2.89. The Balaban J connectivity index is 1.65. The maximum absolute atomic E-state index is 3.67. The molecule has 0 spiro atoms. The van der Waals surface area contributed by atoms with E-state index in [2.05, 4.69) is 67.7 Å². The fourth-order valence-electron chi connectivity index (χ4n) is 3.04. The first kappa shape index (κ1) is 13.2. The zero-order chi connectivity index (χ0) is 13.9. The van der Waals surface area contributed by atoms with Crippen LogP contribution >= 0.6 is 0 Å². The van der Waals surface area contributed by atoms with E-state index in [1.807, 2.05) is 0 Å². The smallest absolute Gasteiger partial charge is 0.0342 e. The molecule has 2 aromatic rings. The Morgan fingerprint density at radius 3 is 2.15 bits per heavy atom. The van der Waals surface area contributed by atoms with Gasteiger partial charge in [0.1, 0.15) is 0 Å². The molecule has 0 amide bonds. The number of nitrogens with one attached hydrogen (secondary N) is 1. The normalized spacial score (nSPS) is 15.9. The SMILES string of the molecule is CCC(C)c1ccc(NC2Cc3ccccc3C2)cc1. The Bertz CT molecular complexity index is 546. The van der Waals surface area contributed by atoms with Crippen LogP contribution in [0.1, 0.15) is 42.9 Å². The molecule has 0 saturated carbocycles. The third-order valence-electron chi connectivity index (χ3n) is 4.51. The molecule has 0 aliphatic heterocycles. The number of fused-ring (bicyclic) bond motifs is 1. The van der Waals surface area contributed by atoms with Crippen LogP contribution < -0.4 is 5.32 Å². The van der Waals surface area contributed by atoms with Gasteiger partial charge in [0.25, 0.3) is 0 Å². The Labute approximate surface area is 122 Å². The first-order chi connectivity index (χ1) is 9.76. The van der Waals surface area contributed by atoms with Gasteiger partial charge in [-0.1, -0.05) is 50.2 Å². The lowest BCUT2D eigenvalue weighted by molar-refractivity contribution is 0.733. The molecule has 3 rings (SSSR count). The van der Waals surface area contributed by atoms with E-state index < -0.39 is 0 Å². The highest BCUT2D eigenvalue weighted by molar-refractivity contribution is 5.48. The summed E-state index contributed by atoms with van der Waals surface area (Å²) in [5, 5.41) is 3.67. The van der Waals surface area contributed by atoms with E-state index >= 15 is 0 Å². The van der Waals surface area contributed by atoms with Gasteiger partial charge in [0.05, 0.1) is 0 Å². The first-order valence-electron chi connectivity index (χ1n) is 7.69. The summed E-state index contributed by atoms with van der Waals surface area (Å²) in [6.45, 7) is 4.53. The van der Waals surface area contributed by atoms with Gasteiger partial charge in [-0.15, -0.1) is 0 Å². The monoisotopic (exact) mass is 265 g/mol. The molecule has 1 N–H and O–H groups in total. The minimum atomic E-state index is 0.543. The first-order valence-corrected chi connectivity index (χ1v) is 7.69. The number of anilines is 1. The summed E-state index contributed by atoms with van der Waals surface area (Å²) in [6, 6.07) is 18.3. The molecule has 1 heteroatoms. The molecule has 1 aliphatic rings. The van der Waals surface area contributed by atoms with Crippen LogP contribution in [0, 0.1) is 0 Å². The van der Waals surface area contributed by atoms with Gasteiger partial charge in [-0.05, 0) is 54.0 Å². The van der Waals surface area contributed by atoms with Gasteiger partial charge < -0.3 is 5.32 Å². The Hall–Kier alpha value is -1.76. The zero-order valence-electron chi connectivity index (χ0n) is 12.4. The highest BCUT2D eigenvalue weighted by atomic mass is 14.9. The van der Waals surface area contributed by atoms with Crippen molar-refractivity contribution in [2.24, 2.45) is 0 Å². The Morgan fingerprint density at radius 2 is 1.60 bits per heavy atom. The maximum Gasteiger partial charge on any atom is 0.0342 e. The molecular weight excluding hydrogens is 242 g/mol. The molecule has 0 bridgehead atoms. The zero-order valence-corrected chi connectivity index (χ0v) is 12.4. The highest BCUT2D eigenvalue weighted by Crippen LogP contribution is 2.25. The van der Waals surface area contributed by atoms with Crippen molar-refractivity contribution < 1.29 is 0 Å². The lowest BCUT2D eigenvalue weighted by Gasteiger charge is -2.15. The standard InChI is InChI=1S/C19H23N/c1-3-14(2)15-8-10-18(11-9-15)20-19-12-16-6-4-5-7-17(16)13-19/h4-11,14,19-20H,3,12-13H2,1-2H3. The minimum absolute atomic E-state index is 0.543. The van der Waals surface area contributed by atoms with Gasteiger partial charge in [0.15, 0.2) is 0 Å². The van der Waals surface area contributed by atoms with Gasteiger partial charge in [0.2, 0.25) is 0 Å². The van der Waals surface area contributed by atoms with Crippen LogP contribution in [0.25, 0.3) is 0 Å². The van der Waals surface area contributed by atoms with E-state index in [0.29, 0.717) is 12.0 Å². The topological polar surface area (TPSA) is 12.0 Å². The van der Waals surface area contributed by atoms with Gasteiger partial charge in [-0.2, -0.15) is 0 Å². The van der Waals surface area contributed by atoms with Crippen LogP contribution in [0.5, 0.6) is 0 Å². The summed E-state index contributed by atoms with van der Waals surface area (Å²) in [4.78, 5) is 0. The fraction of sp³-hybridized carbons (Fsp3) is 0.368. The molecule has 1 nitrogen and oxygen atoms in total. The van der Waals surface area contributed by atoms with E-state index in [9.17, 15) is 0 Å². The molecule has 20 heavy (non-hydrogen) atoms. The molecular formula is C19H23N. The summed E-state index contributed by atoms with van der Waals surface area (Å²) >= 11 is 0.